The Balaban J connectivity index is 2.07. The number of carbonyl (C=O) groups excluding carboxylic acids is 1. The molecule has 0 fully saturated rings. The van der Waals surface area contributed by atoms with Crippen LogP contribution in [0.5, 0.6) is 0 Å². The summed E-state index contributed by atoms with van der Waals surface area (Å²) in [6.07, 6.45) is 1.13. The van der Waals surface area contributed by atoms with Gasteiger partial charge < -0.3 is 4.90 Å². The van der Waals surface area contributed by atoms with Gasteiger partial charge in [0, 0.05) is 25.3 Å². The van der Waals surface area contributed by atoms with Crippen molar-refractivity contribution in [1.29, 1.82) is 0 Å². The summed E-state index contributed by atoms with van der Waals surface area (Å²) in [4.78, 5) is 14.6. The third kappa shape index (κ3) is 4.11. The quantitative estimate of drug-likeness (QED) is 0.629. The number of Topliss-reactive ketones (excluding diaryl/α,β-unsaturated/α-hetero) is 1. The minimum Gasteiger partial charge on any atom is -0.378 e. The van der Waals surface area contributed by atoms with Gasteiger partial charge in [0.1, 0.15) is 0 Å². The van der Waals surface area contributed by atoms with Crippen LogP contribution < -0.4 is 4.90 Å². The molecule has 4 nitrogen and oxygen atoms in total. The molecule has 0 saturated heterocycles. The predicted molar refractivity (Wildman–Crippen MR) is 91.2 cm³/mol. The van der Waals surface area contributed by atoms with Crippen LogP contribution in [-0.4, -0.2) is 30.3 Å². The topological polar surface area (TPSA) is 49.7 Å². The van der Waals surface area contributed by atoms with Crippen molar-refractivity contribution in [3.8, 4) is 0 Å². The number of hydrogen-bond acceptors (Lipinski definition) is 3. The van der Waals surface area contributed by atoms with Gasteiger partial charge in [-0.1, -0.05) is 17.7 Å². The van der Waals surface area contributed by atoms with E-state index in [2.05, 4.69) is 4.40 Å². The molecule has 0 aliphatic heterocycles. The first-order valence-electron chi connectivity index (χ1n) is 6.82. The molecule has 1 atom stereocenters. The van der Waals surface area contributed by atoms with Gasteiger partial charge in [0.05, 0.1) is 11.1 Å². The summed E-state index contributed by atoms with van der Waals surface area (Å²) in [5.74, 6) is -0.259. The monoisotopic (exact) mass is 314 g/mol. The third-order valence-electron chi connectivity index (χ3n) is 3.16. The Bertz CT molecular complexity index is 704. The minimum atomic E-state index is -1.56. The van der Waals surface area contributed by atoms with E-state index >= 15 is 0 Å². The molecule has 0 heterocycles. The van der Waals surface area contributed by atoms with E-state index < -0.39 is 11.0 Å². The molecule has 0 amide bonds. The lowest BCUT2D eigenvalue weighted by atomic mass is 10.1. The van der Waals surface area contributed by atoms with Crippen LogP contribution in [0.15, 0.2) is 57.8 Å². The molecule has 5 heteroatoms. The molecular formula is C17H18N2O2S. The van der Waals surface area contributed by atoms with Crippen molar-refractivity contribution in [3.05, 3.63) is 59.7 Å². The van der Waals surface area contributed by atoms with Gasteiger partial charge in [0.15, 0.2) is 11.0 Å². The number of rotatable bonds is 5. The first-order valence-corrected chi connectivity index (χ1v) is 7.92. The third-order valence-corrected chi connectivity index (χ3v) is 4.13. The highest BCUT2D eigenvalue weighted by Gasteiger charge is 2.05. The molecule has 0 aliphatic carbocycles. The average Bonchev–Trinajstić information content (AvgIpc) is 2.53. The summed E-state index contributed by atoms with van der Waals surface area (Å²) < 4.78 is 15.8. The number of nitrogens with zero attached hydrogens (tertiary/aromatic N) is 2. The molecule has 0 radical (unpaired) electrons. The van der Waals surface area contributed by atoms with Crippen molar-refractivity contribution in [1.82, 2.24) is 0 Å². The van der Waals surface area contributed by atoms with Gasteiger partial charge in [-0.25, -0.2) is 4.21 Å². The predicted octanol–water partition coefficient (Wildman–Crippen LogP) is 3.04. The molecule has 2 aromatic rings. The molecule has 0 aliphatic rings. The zero-order valence-corrected chi connectivity index (χ0v) is 13.6. The zero-order chi connectivity index (χ0) is 16.1. The van der Waals surface area contributed by atoms with Crippen molar-refractivity contribution < 1.29 is 9.00 Å². The van der Waals surface area contributed by atoms with Crippen LogP contribution >= 0.6 is 0 Å². The maximum Gasteiger partial charge on any atom is 0.204 e. The van der Waals surface area contributed by atoms with Crippen LogP contribution in [0.25, 0.3) is 0 Å². The second-order valence-corrected chi connectivity index (χ2v) is 6.28. The summed E-state index contributed by atoms with van der Waals surface area (Å²) in [6.45, 7) is 1.96. The summed E-state index contributed by atoms with van der Waals surface area (Å²) in [6, 6.07) is 14.4. The van der Waals surface area contributed by atoms with Crippen LogP contribution in [0.2, 0.25) is 0 Å². The fraction of sp³-hybridized carbons (Fsp3) is 0.176. The molecule has 0 aromatic heterocycles. The van der Waals surface area contributed by atoms with Gasteiger partial charge >= 0.3 is 0 Å². The molecule has 0 saturated carbocycles. The average molecular weight is 314 g/mol. The van der Waals surface area contributed by atoms with E-state index in [1.54, 1.807) is 24.3 Å². The summed E-state index contributed by atoms with van der Waals surface area (Å²) >= 11 is 0. The van der Waals surface area contributed by atoms with Crippen LogP contribution in [0.1, 0.15) is 15.9 Å². The Morgan fingerprint density at radius 1 is 1.05 bits per heavy atom. The first kappa shape index (κ1) is 16.1. The number of anilines is 1. The van der Waals surface area contributed by atoms with E-state index in [0.29, 0.717) is 10.5 Å². The molecule has 2 rings (SSSR count). The van der Waals surface area contributed by atoms with Crippen molar-refractivity contribution in [2.24, 2.45) is 4.40 Å². The van der Waals surface area contributed by atoms with E-state index in [1.807, 2.05) is 50.2 Å². The first-order chi connectivity index (χ1) is 10.5. The van der Waals surface area contributed by atoms with Crippen molar-refractivity contribution >= 4 is 28.7 Å². The molecule has 0 bridgehead atoms. The Kier molecular flexibility index (Phi) is 5.22. The highest BCUT2D eigenvalue weighted by atomic mass is 32.2. The number of benzene rings is 2. The molecule has 114 valence electrons. The number of aryl methyl sites for hydroxylation is 1. The maximum atomic E-state index is 12.0. The molecular weight excluding hydrogens is 296 g/mol. The van der Waals surface area contributed by atoms with Crippen molar-refractivity contribution in [3.63, 3.8) is 0 Å². The smallest absolute Gasteiger partial charge is 0.204 e. The van der Waals surface area contributed by atoms with Crippen molar-refractivity contribution in [2.45, 2.75) is 11.8 Å². The fourth-order valence-electron chi connectivity index (χ4n) is 1.81. The van der Waals surface area contributed by atoms with E-state index in [4.69, 9.17) is 0 Å². The summed E-state index contributed by atoms with van der Waals surface area (Å²) in [5.41, 5.74) is 2.62. The zero-order valence-electron chi connectivity index (χ0n) is 12.8. The number of hydrogen-bond donors (Lipinski definition) is 0. The second-order valence-electron chi connectivity index (χ2n) is 5.10. The lowest BCUT2D eigenvalue weighted by Gasteiger charge is -2.11. The Labute approximate surface area is 133 Å². The summed E-state index contributed by atoms with van der Waals surface area (Å²) in [7, 11) is 2.31. The largest absolute Gasteiger partial charge is 0.378 e. The standard InChI is InChI=1S/C17H18N2O2S/c1-13-4-10-16(11-5-13)22(21)18-12-17(20)14-6-8-15(9-7-14)19(2)3/h4-12H,1-3H3/b18-12+. The maximum absolute atomic E-state index is 12.0. The van der Waals surface area contributed by atoms with Gasteiger partial charge in [-0.15, -0.1) is 0 Å². The molecule has 2 aromatic carbocycles. The molecule has 1 unspecified atom stereocenters. The number of carbonyl (C=O) groups is 1. The van der Waals surface area contributed by atoms with E-state index in [0.717, 1.165) is 17.5 Å². The summed E-state index contributed by atoms with van der Waals surface area (Å²) in [5, 5.41) is 0. The van der Waals surface area contributed by atoms with Gasteiger partial charge in [-0.05, 0) is 43.3 Å². The molecule has 22 heavy (non-hydrogen) atoms. The van der Waals surface area contributed by atoms with E-state index in [-0.39, 0.29) is 5.78 Å². The van der Waals surface area contributed by atoms with E-state index in [9.17, 15) is 9.00 Å². The Hall–Kier alpha value is -2.27. The molecule has 0 spiro atoms. The van der Waals surface area contributed by atoms with Crippen LogP contribution in [0.3, 0.4) is 0 Å². The van der Waals surface area contributed by atoms with Gasteiger partial charge in [0.2, 0.25) is 5.78 Å². The van der Waals surface area contributed by atoms with Crippen LogP contribution in [0, 0.1) is 6.92 Å². The fourth-order valence-corrected chi connectivity index (χ4v) is 2.49. The molecule has 0 N–H and O–H groups in total. The number of ketones is 1. The van der Waals surface area contributed by atoms with Crippen LogP contribution in [0.4, 0.5) is 5.69 Å². The SMILES string of the molecule is Cc1ccc(S(=O)/N=C/C(=O)c2ccc(N(C)C)cc2)cc1. The second kappa shape index (κ2) is 7.13. The lowest BCUT2D eigenvalue weighted by molar-refractivity contribution is 0.107. The lowest BCUT2D eigenvalue weighted by Crippen LogP contribution is -2.09. The van der Waals surface area contributed by atoms with Gasteiger partial charge in [0.25, 0.3) is 0 Å². The van der Waals surface area contributed by atoms with Gasteiger partial charge in [-0.3, -0.25) is 4.79 Å². The highest BCUT2D eigenvalue weighted by molar-refractivity contribution is 7.83. The van der Waals surface area contributed by atoms with E-state index in [1.165, 1.54) is 0 Å². The normalized spacial score (nSPS) is 12.3. The Morgan fingerprint density at radius 2 is 1.64 bits per heavy atom. The minimum absolute atomic E-state index is 0.259. The highest BCUT2D eigenvalue weighted by Crippen LogP contribution is 2.13. The Morgan fingerprint density at radius 3 is 2.18 bits per heavy atom. The van der Waals surface area contributed by atoms with Gasteiger partial charge in [-0.2, -0.15) is 4.40 Å². The van der Waals surface area contributed by atoms with Crippen molar-refractivity contribution in [2.75, 3.05) is 19.0 Å². The van der Waals surface area contributed by atoms with Crippen LogP contribution in [-0.2, 0) is 11.0 Å².